The molecule has 0 saturated carbocycles. The van der Waals surface area contributed by atoms with Gasteiger partial charge >= 0.3 is 0 Å². The second kappa shape index (κ2) is 7.79. The maximum atomic E-state index is 12.2. The van der Waals surface area contributed by atoms with Crippen LogP contribution in [0.15, 0.2) is 42.5 Å². The van der Waals surface area contributed by atoms with Crippen LogP contribution in [0.5, 0.6) is 23.0 Å². The number of fused-ring (bicyclic) bond motifs is 1. The summed E-state index contributed by atoms with van der Waals surface area (Å²) < 4.78 is 21.8. The molecule has 1 amide bonds. The van der Waals surface area contributed by atoms with Crippen LogP contribution in [-0.2, 0) is 4.79 Å². The van der Waals surface area contributed by atoms with Gasteiger partial charge in [0.15, 0.2) is 29.6 Å². The Morgan fingerprint density at radius 3 is 2.60 bits per heavy atom. The number of ether oxygens (including phenoxy) is 4. The lowest BCUT2D eigenvalue weighted by Gasteiger charge is -2.21. The summed E-state index contributed by atoms with van der Waals surface area (Å²) in [6.45, 7) is 2.91. The Labute approximate surface area is 146 Å². The Bertz CT molecular complexity index is 746. The number of methoxy groups -OCH3 is 1. The summed E-state index contributed by atoms with van der Waals surface area (Å²) in [4.78, 5) is 12.2. The number of carbonyl (C=O) groups is 1. The van der Waals surface area contributed by atoms with E-state index in [1.54, 1.807) is 19.2 Å². The molecular formula is C19H21NO5. The first-order valence-electron chi connectivity index (χ1n) is 8.12. The molecule has 0 radical (unpaired) electrons. The maximum Gasteiger partial charge on any atom is 0.258 e. The molecule has 132 valence electrons. The molecule has 2 aromatic rings. The molecule has 6 heteroatoms. The molecule has 0 spiro atoms. The zero-order valence-corrected chi connectivity index (χ0v) is 14.3. The van der Waals surface area contributed by atoms with Gasteiger partial charge in [-0.1, -0.05) is 18.2 Å². The van der Waals surface area contributed by atoms with Gasteiger partial charge in [-0.15, -0.1) is 0 Å². The van der Waals surface area contributed by atoms with E-state index in [4.69, 9.17) is 18.9 Å². The third-order valence-electron chi connectivity index (χ3n) is 3.87. The predicted octanol–water partition coefficient (Wildman–Crippen LogP) is 2.72. The summed E-state index contributed by atoms with van der Waals surface area (Å²) in [5, 5.41) is 2.91. The third-order valence-corrected chi connectivity index (χ3v) is 3.87. The van der Waals surface area contributed by atoms with Crippen LogP contribution < -0.4 is 24.3 Å². The van der Waals surface area contributed by atoms with Crippen LogP contribution in [0.1, 0.15) is 18.5 Å². The van der Waals surface area contributed by atoms with E-state index >= 15 is 0 Å². The monoisotopic (exact) mass is 343 g/mol. The van der Waals surface area contributed by atoms with Gasteiger partial charge in [0, 0.05) is 0 Å². The molecule has 1 N–H and O–H groups in total. The summed E-state index contributed by atoms with van der Waals surface area (Å²) in [6, 6.07) is 12.7. The van der Waals surface area contributed by atoms with Crippen LogP contribution >= 0.6 is 0 Å². The lowest BCUT2D eigenvalue weighted by molar-refractivity contribution is -0.123. The molecule has 0 bridgehead atoms. The van der Waals surface area contributed by atoms with E-state index in [2.05, 4.69) is 5.32 Å². The highest BCUT2D eigenvalue weighted by Gasteiger charge is 2.16. The van der Waals surface area contributed by atoms with Crippen LogP contribution in [0.3, 0.4) is 0 Å². The molecule has 0 aliphatic carbocycles. The van der Waals surface area contributed by atoms with E-state index in [-0.39, 0.29) is 18.6 Å². The summed E-state index contributed by atoms with van der Waals surface area (Å²) in [5.41, 5.74) is 0.940. The van der Waals surface area contributed by atoms with Crippen LogP contribution in [0, 0.1) is 0 Å². The van der Waals surface area contributed by atoms with Gasteiger partial charge in [0.05, 0.1) is 13.2 Å². The molecule has 0 unspecified atom stereocenters. The van der Waals surface area contributed by atoms with Crippen molar-refractivity contribution in [3.8, 4) is 23.0 Å². The average Bonchev–Trinajstić information content (AvgIpc) is 2.66. The summed E-state index contributed by atoms with van der Waals surface area (Å²) in [7, 11) is 1.56. The summed E-state index contributed by atoms with van der Waals surface area (Å²) in [5.74, 6) is 2.35. The van der Waals surface area contributed by atoms with E-state index in [1.165, 1.54) is 0 Å². The molecule has 3 rings (SSSR count). The van der Waals surface area contributed by atoms with E-state index in [0.717, 1.165) is 11.3 Å². The largest absolute Gasteiger partial charge is 0.493 e. The molecule has 25 heavy (non-hydrogen) atoms. The van der Waals surface area contributed by atoms with Gasteiger partial charge in [-0.05, 0) is 36.8 Å². The third kappa shape index (κ3) is 4.15. The van der Waals surface area contributed by atoms with Crippen molar-refractivity contribution in [2.75, 3.05) is 26.9 Å². The smallest absolute Gasteiger partial charge is 0.258 e. The quantitative estimate of drug-likeness (QED) is 0.874. The first-order chi connectivity index (χ1) is 12.2. The minimum Gasteiger partial charge on any atom is -0.493 e. The molecule has 1 aliphatic heterocycles. The van der Waals surface area contributed by atoms with Crippen molar-refractivity contribution in [1.29, 1.82) is 0 Å². The van der Waals surface area contributed by atoms with Gasteiger partial charge in [-0.3, -0.25) is 4.79 Å². The number of hydrogen-bond acceptors (Lipinski definition) is 5. The second-order valence-corrected chi connectivity index (χ2v) is 5.63. The van der Waals surface area contributed by atoms with Crippen LogP contribution in [-0.4, -0.2) is 32.8 Å². The number of hydrogen-bond donors (Lipinski definition) is 1. The summed E-state index contributed by atoms with van der Waals surface area (Å²) in [6.07, 6.45) is 0. The zero-order valence-electron chi connectivity index (χ0n) is 14.3. The summed E-state index contributed by atoms with van der Waals surface area (Å²) >= 11 is 0. The minimum atomic E-state index is -0.215. The molecule has 2 aromatic carbocycles. The highest BCUT2D eigenvalue weighted by molar-refractivity contribution is 5.78. The van der Waals surface area contributed by atoms with Crippen molar-refractivity contribution in [3.05, 3.63) is 48.0 Å². The SMILES string of the molecule is COc1ccccc1OCC(=O)N[C@H](C)c1ccc2c(c1)OCCO2. The number of amides is 1. The molecule has 0 fully saturated rings. The van der Waals surface area contributed by atoms with Crippen LogP contribution in [0.4, 0.5) is 0 Å². The highest BCUT2D eigenvalue weighted by atomic mass is 16.6. The number of carbonyl (C=O) groups excluding carboxylic acids is 1. The average molecular weight is 343 g/mol. The van der Waals surface area contributed by atoms with Crippen molar-refractivity contribution in [2.45, 2.75) is 13.0 Å². The predicted molar refractivity (Wildman–Crippen MR) is 92.5 cm³/mol. The van der Waals surface area contributed by atoms with E-state index in [9.17, 15) is 4.79 Å². The van der Waals surface area contributed by atoms with Gasteiger partial charge in [0.25, 0.3) is 5.91 Å². The van der Waals surface area contributed by atoms with E-state index in [0.29, 0.717) is 30.5 Å². The van der Waals surface area contributed by atoms with Crippen molar-refractivity contribution < 1.29 is 23.7 Å². The molecule has 0 aromatic heterocycles. The lowest BCUT2D eigenvalue weighted by Crippen LogP contribution is -2.31. The van der Waals surface area contributed by atoms with Crippen molar-refractivity contribution in [2.24, 2.45) is 0 Å². The fourth-order valence-corrected chi connectivity index (χ4v) is 2.58. The lowest BCUT2D eigenvalue weighted by atomic mass is 10.1. The fraction of sp³-hybridized carbons (Fsp3) is 0.316. The molecule has 1 heterocycles. The van der Waals surface area contributed by atoms with Gasteiger partial charge < -0.3 is 24.3 Å². The molecule has 1 atom stereocenters. The first-order valence-corrected chi connectivity index (χ1v) is 8.12. The number of rotatable bonds is 6. The van der Waals surface area contributed by atoms with Crippen LogP contribution in [0.25, 0.3) is 0 Å². The maximum absolute atomic E-state index is 12.2. The number of benzene rings is 2. The van der Waals surface area contributed by atoms with Gasteiger partial charge in [-0.2, -0.15) is 0 Å². The minimum absolute atomic E-state index is 0.0880. The van der Waals surface area contributed by atoms with Crippen molar-refractivity contribution >= 4 is 5.91 Å². The van der Waals surface area contributed by atoms with E-state index in [1.807, 2.05) is 37.3 Å². The normalized spacial score (nSPS) is 13.7. The Morgan fingerprint density at radius 2 is 1.84 bits per heavy atom. The molecular weight excluding hydrogens is 322 g/mol. The highest BCUT2D eigenvalue weighted by Crippen LogP contribution is 2.32. The van der Waals surface area contributed by atoms with Gasteiger partial charge in [-0.25, -0.2) is 0 Å². The van der Waals surface area contributed by atoms with Crippen molar-refractivity contribution in [1.82, 2.24) is 5.32 Å². The molecule has 6 nitrogen and oxygen atoms in total. The molecule has 1 aliphatic rings. The van der Waals surface area contributed by atoms with Gasteiger partial charge in [0.1, 0.15) is 13.2 Å². The van der Waals surface area contributed by atoms with Gasteiger partial charge in [0.2, 0.25) is 0 Å². The van der Waals surface area contributed by atoms with E-state index < -0.39 is 0 Å². The standard InChI is InChI=1S/C19H21NO5/c1-13(14-7-8-17-18(11-14)24-10-9-23-17)20-19(21)12-25-16-6-4-3-5-15(16)22-2/h3-8,11,13H,9-10,12H2,1-2H3,(H,20,21)/t13-/m1/s1. The zero-order chi connectivity index (χ0) is 17.6. The van der Waals surface area contributed by atoms with Crippen molar-refractivity contribution in [3.63, 3.8) is 0 Å². The first kappa shape index (κ1) is 17.0. The Hall–Kier alpha value is -2.89. The number of para-hydroxylation sites is 2. The second-order valence-electron chi connectivity index (χ2n) is 5.63. The molecule has 0 saturated heterocycles. The topological polar surface area (TPSA) is 66.0 Å². The fourth-order valence-electron chi connectivity index (χ4n) is 2.58. The van der Waals surface area contributed by atoms with Crippen LogP contribution in [0.2, 0.25) is 0 Å². The number of nitrogens with one attached hydrogen (secondary N) is 1. The Morgan fingerprint density at radius 1 is 1.12 bits per heavy atom. The Kier molecular flexibility index (Phi) is 5.28. The Balaban J connectivity index is 1.57.